The number of aryl methyl sites for hydroxylation is 1. The first-order valence-corrected chi connectivity index (χ1v) is 7.64. The third-order valence-corrected chi connectivity index (χ3v) is 3.97. The molecular formula is C15H27NS. The third-order valence-electron chi connectivity index (χ3n) is 3.09. The molecule has 0 fully saturated rings. The fourth-order valence-corrected chi connectivity index (χ4v) is 2.90. The zero-order valence-electron chi connectivity index (χ0n) is 12.0. The van der Waals surface area contributed by atoms with E-state index in [1.54, 1.807) is 0 Å². The van der Waals surface area contributed by atoms with Crippen LogP contribution in [0, 0.1) is 12.3 Å². The molecule has 0 saturated carbocycles. The van der Waals surface area contributed by atoms with Crippen molar-refractivity contribution in [3.8, 4) is 0 Å². The van der Waals surface area contributed by atoms with Crippen LogP contribution in [-0.4, -0.2) is 6.54 Å². The predicted molar refractivity (Wildman–Crippen MR) is 78.8 cm³/mol. The topological polar surface area (TPSA) is 12.0 Å². The summed E-state index contributed by atoms with van der Waals surface area (Å²) in [5.41, 5.74) is 3.38. The van der Waals surface area contributed by atoms with Crippen molar-refractivity contribution in [1.29, 1.82) is 0 Å². The first kappa shape index (κ1) is 14.7. The Kier molecular flexibility index (Phi) is 5.68. The summed E-state index contributed by atoms with van der Waals surface area (Å²) in [5, 5.41) is 8.26. The van der Waals surface area contributed by atoms with Gasteiger partial charge in [-0.05, 0) is 60.0 Å². The summed E-state index contributed by atoms with van der Waals surface area (Å²) < 4.78 is 0. The molecule has 1 N–H and O–H groups in total. The largest absolute Gasteiger partial charge is 0.310 e. The van der Waals surface area contributed by atoms with E-state index in [4.69, 9.17) is 0 Å². The summed E-state index contributed by atoms with van der Waals surface area (Å²) in [6.07, 6.45) is 3.71. The van der Waals surface area contributed by atoms with Crippen LogP contribution < -0.4 is 5.32 Å². The average molecular weight is 253 g/mol. The van der Waals surface area contributed by atoms with E-state index in [9.17, 15) is 0 Å². The van der Waals surface area contributed by atoms with Gasteiger partial charge in [0, 0.05) is 6.04 Å². The van der Waals surface area contributed by atoms with Gasteiger partial charge in [-0.1, -0.05) is 27.7 Å². The van der Waals surface area contributed by atoms with Crippen LogP contribution in [0.1, 0.15) is 64.1 Å². The number of hydrogen-bond donors (Lipinski definition) is 1. The molecule has 0 radical (unpaired) electrons. The minimum Gasteiger partial charge on any atom is -0.310 e. The maximum atomic E-state index is 3.69. The van der Waals surface area contributed by atoms with Crippen LogP contribution in [0.2, 0.25) is 0 Å². The van der Waals surface area contributed by atoms with Crippen LogP contribution in [0.15, 0.2) is 10.8 Å². The highest BCUT2D eigenvalue weighted by Crippen LogP contribution is 2.30. The van der Waals surface area contributed by atoms with Crippen molar-refractivity contribution >= 4 is 11.3 Å². The van der Waals surface area contributed by atoms with Crippen molar-refractivity contribution in [3.05, 3.63) is 21.9 Å². The molecule has 0 bridgehead atoms. The van der Waals surface area contributed by atoms with Gasteiger partial charge < -0.3 is 5.32 Å². The van der Waals surface area contributed by atoms with E-state index in [1.807, 2.05) is 11.3 Å². The smallest absolute Gasteiger partial charge is 0.0331 e. The fraction of sp³-hybridized carbons (Fsp3) is 0.733. The van der Waals surface area contributed by atoms with Gasteiger partial charge >= 0.3 is 0 Å². The van der Waals surface area contributed by atoms with E-state index in [1.165, 1.54) is 30.4 Å². The molecule has 1 aromatic rings. The fourth-order valence-electron chi connectivity index (χ4n) is 1.99. The van der Waals surface area contributed by atoms with E-state index < -0.39 is 0 Å². The predicted octanol–water partition coefficient (Wildman–Crippen LogP) is 4.92. The summed E-state index contributed by atoms with van der Waals surface area (Å²) >= 11 is 1.82. The Morgan fingerprint density at radius 2 is 2.00 bits per heavy atom. The quantitative estimate of drug-likeness (QED) is 0.758. The van der Waals surface area contributed by atoms with Crippen molar-refractivity contribution < 1.29 is 0 Å². The molecule has 98 valence electrons. The molecule has 0 aromatic carbocycles. The molecule has 1 aromatic heterocycles. The lowest BCUT2D eigenvalue weighted by atomic mass is 9.87. The molecule has 1 rings (SSSR count). The molecule has 0 saturated heterocycles. The van der Waals surface area contributed by atoms with Crippen LogP contribution in [0.25, 0.3) is 0 Å². The summed E-state index contributed by atoms with van der Waals surface area (Å²) in [6.45, 7) is 12.5. The summed E-state index contributed by atoms with van der Waals surface area (Å²) in [4.78, 5) is 0. The van der Waals surface area contributed by atoms with Crippen molar-refractivity contribution in [2.45, 2.75) is 59.9 Å². The second-order valence-electron chi connectivity index (χ2n) is 6.12. The van der Waals surface area contributed by atoms with Crippen LogP contribution in [-0.2, 0) is 0 Å². The molecule has 2 heteroatoms. The first-order valence-electron chi connectivity index (χ1n) is 6.70. The van der Waals surface area contributed by atoms with Crippen LogP contribution in [0.4, 0.5) is 0 Å². The highest BCUT2D eigenvalue weighted by molar-refractivity contribution is 7.08. The maximum absolute atomic E-state index is 3.69. The lowest BCUT2D eigenvalue weighted by molar-refractivity contribution is 0.332. The van der Waals surface area contributed by atoms with Gasteiger partial charge in [0.05, 0.1) is 0 Å². The van der Waals surface area contributed by atoms with E-state index in [-0.39, 0.29) is 0 Å². The Bertz CT molecular complexity index is 322. The van der Waals surface area contributed by atoms with Crippen LogP contribution >= 0.6 is 11.3 Å². The van der Waals surface area contributed by atoms with E-state index >= 15 is 0 Å². The molecular weight excluding hydrogens is 226 g/mol. The Labute approximate surface area is 111 Å². The van der Waals surface area contributed by atoms with E-state index in [2.05, 4.69) is 50.7 Å². The van der Waals surface area contributed by atoms with Crippen molar-refractivity contribution in [2.75, 3.05) is 6.54 Å². The SMILES string of the molecule is CCCNC(CCC(C)(C)C)c1cscc1C. The monoisotopic (exact) mass is 253 g/mol. The number of rotatable bonds is 6. The summed E-state index contributed by atoms with van der Waals surface area (Å²) in [7, 11) is 0. The zero-order chi connectivity index (χ0) is 12.9. The van der Waals surface area contributed by atoms with Gasteiger partial charge in [0.15, 0.2) is 0 Å². The van der Waals surface area contributed by atoms with E-state index in [0.29, 0.717) is 11.5 Å². The maximum Gasteiger partial charge on any atom is 0.0331 e. The number of thiophene rings is 1. The molecule has 1 heterocycles. The summed E-state index contributed by atoms with van der Waals surface area (Å²) in [6, 6.07) is 0.542. The molecule has 1 unspecified atom stereocenters. The minimum atomic E-state index is 0.427. The number of nitrogens with one attached hydrogen (secondary N) is 1. The van der Waals surface area contributed by atoms with Gasteiger partial charge in [0.2, 0.25) is 0 Å². The second kappa shape index (κ2) is 6.55. The molecule has 0 amide bonds. The normalized spacial score (nSPS) is 13.9. The molecule has 0 aliphatic carbocycles. The van der Waals surface area contributed by atoms with E-state index in [0.717, 1.165) is 6.54 Å². The third kappa shape index (κ3) is 5.22. The van der Waals surface area contributed by atoms with Gasteiger partial charge in [-0.3, -0.25) is 0 Å². The standard InChI is InChI=1S/C15H27NS/c1-6-9-16-14(7-8-15(3,4)5)13-11-17-10-12(13)2/h10-11,14,16H,6-9H2,1-5H3. The van der Waals surface area contributed by atoms with Gasteiger partial charge in [0.25, 0.3) is 0 Å². The molecule has 0 aliphatic heterocycles. The Hall–Kier alpha value is -0.340. The lowest BCUT2D eigenvalue weighted by Crippen LogP contribution is -2.23. The molecule has 1 atom stereocenters. The van der Waals surface area contributed by atoms with Crippen LogP contribution in [0.5, 0.6) is 0 Å². The van der Waals surface area contributed by atoms with Crippen LogP contribution in [0.3, 0.4) is 0 Å². The van der Waals surface area contributed by atoms with Gasteiger partial charge in [0.1, 0.15) is 0 Å². The zero-order valence-corrected chi connectivity index (χ0v) is 12.8. The van der Waals surface area contributed by atoms with Gasteiger partial charge in [-0.15, -0.1) is 0 Å². The molecule has 17 heavy (non-hydrogen) atoms. The Morgan fingerprint density at radius 3 is 2.47 bits per heavy atom. The van der Waals surface area contributed by atoms with Crippen molar-refractivity contribution in [2.24, 2.45) is 5.41 Å². The minimum absolute atomic E-state index is 0.427. The number of hydrogen-bond acceptors (Lipinski definition) is 2. The Morgan fingerprint density at radius 1 is 1.29 bits per heavy atom. The molecule has 1 nitrogen and oxygen atoms in total. The first-order chi connectivity index (χ1) is 7.94. The Balaban J connectivity index is 2.64. The van der Waals surface area contributed by atoms with Gasteiger partial charge in [-0.2, -0.15) is 11.3 Å². The van der Waals surface area contributed by atoms with Crippen molar-refractivity contribution in [1.82, 2.24) is 5.32 Å². The van der Waals surface area contributed by atoms with Gasteiger partial charge in [-0.25, -0.2) is 0 Å². The highest BCUT2D eigenvalue weighted by Gasteiger charge is 2.18. The highest BCUT2D eigenvalue weighted by atomic mass is 32.1. The average Bonchev–Trinajstić information content (AvgIpc) is 2.63. The molecule has 0 aliphatic rings. The summed E-state index contributed by atoms with van der Waals surface area (Å²) in [5.74, 6) is 0. The molecule has 0 spiro atoms. The van der Waals surface area contributed by atoms with Crippen molar-refractivity contribution in [3.63, 3.8) is 0 Å². The lowest BCUT2D eigenvalue weighted by Gasteiger charge is -2.24. The second-order valence-corrected chi connectivity index (χ2v) is 6.86.